The van der Waals surface area contributed by atoms with Gasteiger partial charge in [0.05, 0.1) is 6.61 Å². The molecule has 2 aromatic rings. The van der Waals surface area contributed by atoms with Gasteiger partial charge in [0.15, 0.2) is 0 Å². The average molecular weight is 318 g/mol. The highest BCUT2D eigenvalue weighted by Gasteiger charge is 2.06. The number of hydrogen-bond donors (Lipinski definition) is 1. The van der Waals surface area contributed by atoms with Crippen LogP contribution in [0.15, 0.2) is 42.5 Å². The second-order valence-corrected chi connectivity index (χ2v) is 5.64. The highest BCUT2D eigenvalue weighted by molar-refractivity contribution is 6.31. The van der Waals surface area contributed by atoms with E-state index >= 15 is 0 Å². The molecule has 0 aliphatic heterocycles. The van der Waals surface area contributed by atoms with Gasteiger partial charge in [0.25, 0.3) is 0 Å². The van der Waals surface area contributed by atoms with Crippen LogP contribution in [-0.2, 0) is 4.79 Å². The summed E-state index contributed by atoms with van der Waals surface area (Å²) in [5, 5.41) is 3.53. The van der Waals surface area contributed by atoms with E-state index in [9.17, 15) is 4.79 Å². The summed E-state index contributed by atoms with van der Waals surface area (Å²) in [6.45, 7) is 4.43. The van der Waals surface area contributed by atoms with E-state index in [0.29, 0.717) is 24.5 Å². The molecule has 0 bridgehead atoms. The molecule has 0 fully saturated rings. The number of nitrogens with one attached hydrogen (secondary N) is 1. The molecule has 0 aliphatic carbocycles. The van der Waals surface area contributed by atoms with Crippen LogP contribution in [0.5, 0.6) is 5.75 Å². The molecule has 0 aromatic heterocycles. The minimum absolute atomic E-state index is 0.0294. The first-order valence-electron chi connectivity index (χ1n) is 7.30. The number of aryl methyl sites for hydroxylation is 1. The Morgan fingerprint density at radius 3 is 2.73 bits per heavy atom. The smallest absolute Gasteiger partial charge is 0.224 e. The van der Waals surface area contributed by atoms with E-state index in [1.807, 2.05) is 56.3 Å². The molecule has 2 rings (SSSR count). The summed E-state index contributed by atoms with van der Waals surface area (Å²) in [6.07, 6.45) is 1.08. The molecule has 22 heavy (non-hydrogen) atoms. The lowest BCUT2D eigenvalue weighted by Crippen LogP contribution is -2.13. The monoisotopic (exact) mass is 317 g/mol. The van der Waals surface area contributed by atoms with Crippen LogP contribution in [0, 0.1) is 13.8 Å². The van der Waals surface area contributed by atoms with Gasteiger partial charge in [0.1, 0.15) is 5.75 Å². The van der Waals surface area contributed by atoms with E-state index < -0.39 is 0 Å². The molecule has 0 aliphatic rings. The molecule has 0 unspecified atom stereocenters. The van der Waals surface area contributed by atoms with Gasteiger partial charge in [-0.05, 0) is 55.7 Å². The van der Waals surface area contributed by atoms with Gasteiger partial charge in [0.2, 0.25) is 5.91 Å². The molecule has 3 nitrogen and oxygen atoms in total. The van der Waals surface area contributed by atoms with Crippen molar-refractivity contribution in [2.75, 3.05) is 11.9 Å². The largest absolute Gasteiger partial charge is 0.494 e. The molecule has 0 atom stereocenters. The van der Waals surface area contributed by atoms with Crippen LogP contribution in [0.1, 0.15) is 24.0 Å². The third kappa shape index (κ3) is 4.78. The number of rotatable bonds is 6. The summed E-state index contributed by atoms with van der Waals surface area (Å²) in [5.41, 5.74) is 2.80. The number of anilines is 1. The van der Waals surface area contributed by atoms with Gasteiger partial charge < -0.3 is 10.1 Å². The molecular weight excluding hydrogens is 298 g/mol. The van der Waals surface area contributed by atoms with Crippen molar-refractivity contribution >= 4 is 23.2 Å². The average Bonchev–Trinajstić information content (AvgIpc) is 2.49. The van der Waals surface area contributed by atoms with Gasteiger partial charge in [-0.1, -0.05) is 29.8 Å². The predicted octanol–water partition coefficient (Wildman–Crippen LogP) is 4.75. The lowest BCUT2D eigenvalue weighted by atomic mass is 10.2. The lowest BCUT2D eigenvalue weighted by molar-refractivity contribution is -0.116. The number of amides is 1. The Morgan fingerprint density at radius 1 is 1.18 bits per heavy atom. The molecule has 0 heterocycles. The third-order valence-corrected chi connectivity index (χ3v) is 3.76. The van der Waals surface area contributed by atoms with Crippen molar-refractivity contribution in [2.24, 2.45) is 0 Å². The Hall–Kier alpha value is -2.00. The Balaban J connectivity index is 1.75. The van der Waals surface area contributed by atoms with Crippen LogP contribution in [0.4, 0.5) is 5.69 Å². The minimum Gasteiger partial charge on any atom is -0.494 e. The van der Waals surface area contributed by atoms with Crippen molar-refractivity contribution < 1.29 is 9.53 Å². The summed E-state index contributed by atoms with van der Waals surface area (Å²) in [6, 6.07) is 13.4. The molecule has 116 valence electrons. The van der Waals surface area contributed by atoms with Gasteiger partial charge in [-0.25, -0.2) is 0 Å². The van der Waals surface area contributed by atoms with Crippen molar-refractivity contribution in [1.82, 2.24) is 0 Å². The van der Waals surface area contributed by atoms with Gasteiger partial charge in [-0.3, -0.25) is 4.79 Å². The van der Waals surface area contributed by atoms with Crippen LogP contribution in [-0.4, -0.2) is 12.5 Å². The van der Waals surface area contributed by atoms with Crippen LogP contribution in [0.25, 0.3) is 0 Å². The Morgan fingerprint density at radius 2 is 1.95 bits per heavy atom. The molecular formula is C18H20ClNO2. The maximum absolute atomic E-state index is 11.9. The van der Waals surface area contributed by atoms with E-state index in [-0.39, 0.29) is 5.91 Å². The first kappa shape index (κ1) is 16.4. The minimum atomic E-state index is -0.0294. The van der Waals surface area contributed by atoms with Crippen molar-refractivity contribution in [3.8, 4) is 5.75 Å². The summed E-state index contributed by atoms with van der Waals surface area (Å²) in [4.78, 5) is 11.9. The van der Waals surface area contributed by atoms with E-state index in [2.05, 4.69) is 5.32 Å². The van der Waals surface area contributed by atoms with E-state index in [1.54, 1.807) is 0 Å². The number of carbonyl (C=O) groups is 1. The van der Waals surface area contributed by atoms with Crippen LogP contribution in [0.3, 0.4) is 0 Å². The zero-order valence-electron chi connectivity index (χ0n) is 12.9. The maximum Gasteiger partial charge on any atom is 0.224 e. The first-order valence-corrected chi connectivity index (χ1v) is 7.68. The number of ether oxygens (including phenoxy) is 1. The van der Waals surface area contributed by atoms with E-state index in [4.69, 9.17) is 16.3 Å². The molecule has 2 aromatic carbocycles. The van der Waals surface area contributed by atoms with E-state index in [1.165, 1.54) is 0 Å². The molecule has 1 N–H and O–H groups in total. The highest BCUT2D eigenvalue weighted by atomic mass is 35.5. The van der Waals surface area contributed by atoms with Crippen molar-refractivity contribution in [3.63, 3.8) is 0 Å². The predicted molar refractivity (Wildman–Crippen MR) is 90.7 cm³/mol. The number of benzene rings is 2. The summed E-state index contributed by atoms with van der Waals surface area (Å²) in [5.74, 6) is 0.810. The Kier molecular flexibility index (Phi) is 5.84. The third-order valence-electron chi connectivity index (χ3n) is 3.35. The fourth-order valence-electron chi connectivity index (χ4n) is 2.08. The zero-order chi connectivity index (χ0) is 15.9. The summed E-state index contributed by atoms with van der Waals surface area (Å²) in [7, 11) is 0. The number of carbonyl (C=O) groups excluding carboxylic acids is 1. The second kappa shape index (κ2) is 7.85. The summed E-state index contributed by atoms with van der Waals surface area (Å²) >= 11 is 6.03. The van der Waals surface area contributed by atoms with Gasteiger partial charge in [0, 0.05) is 17.1 Å². The standard InChI is InChI=1S/C18H20ClNO2/c1-13-6-3-7-15(12-13)22-11-5-10-18(21)20-17-9-4-8-16(19)14(17)2/h3-4,6-9,12H,5,10-11H2,1-2H3,(H,20,21). The summed E-state index contributed by atoms with van der Waals surface area (Å²) < 4.78 is 5.63. The molecule has 0 saturated heterocycles. The Labute approximate surface area is 136 Å². The van der Waals surface area contributed by atoms with Gasteiger partial charge in [-0.2, -0.15) is 0 Å². The van der Waals surface area contributed by atoms with Crippen LogP contribution >= 0.6 is 11.6 Å². The molecule has 0 saturated carbocycles. The Bertz CT molecular complexity index is 655. The number of hydrogen-bond acceptors (Lipinski definition) is 2. The zero-order valence-corrected chi connectivity index (χ0v) is 13.6. The van der Waals surface area contributed by atoms with Crippen molar-refractivity contribution in [3.05, 3.63) is 58.6 Å². The van der Waals surface area contributed by atoms with Crippen molar-refractivity contribution in [2.45, 2.75) is 26.7 Å². The van der Waals surface area contributed by atoms with Crippen LogP contribution < -0.4 is 10.1 Å². The second-order valence-electron chi connectivity index (χ2n) is 5.23. The maximum atomic E-state index is 11.9. The normalized spacial score (nSPS) is 10.3. The lowest BCUT2D eigenvalue weighted by Gasteiger charge is -2.10. The van der Waals surface area contributed by atoms with Crippen LogP contribution in [0.2, 0.25) is 5.02 Å². The van der Waals surface area contributed by atoms with Gasteiger partial charge in [-0.15, -0.1) is 0 Å². The fourth-order valence-corrected chi connectivity index (χ4v) is 2.26. The topological polar surface area (TPSA) is 38.3 Å². The molecule has 1 amide bonds. The first-order chi connectivity index (χ1) is 10.6. The fraction of sp³-hybridized carbons (Fsp3) is 0.278. The molecule has 4 heteroatoms. The quantitative estimate of drug-likeness (QED) is 0.780. The van der Waals surface area contributed by atoms with Gasteiger partial charge >= 0.3 is 0 Å². The molecule has 0 spiro atoms. The van der Waals surface area contributed by atoms with Crippen molar-refractivity contribution in [1.29, 1.82) is 0 Å². The molecule has 0 radical (unpaired) electrons. The highest BCUT2D eigenvalue weighted by Crippen LogP contribution is 2.23. The number of halogens is 1. The van der Waals surface area contributed by atoms with E-state index in [0.717, 1.165) is 22.6 Å². The SMILES string of the molecule is Cc1cccc(OCCCC(=O)Nc2cccc(Cl)c2C)c1.